The van der Waals surface area contributed by atoms with Crippen molar-refractivity contribution in [3.63, 3.8) is 0 Å². The van der Waals surface area contributed by atoms with Crippen molar-refractivity contribution in [2.75, 3.05) is 0 Å². The van der Waals surface area contributed by atoms with Crippen molar-refractivity contribution in [2.45, 2.75) is 37.5 Å². The lowest BCUT2D eigenvalue weighted by atomic mass is 9.92. The summed E-state index contributed by atoms with van der Waals surface area (Å²) in [5.41, 5.74) is 0. The Kier molecular flexibility index (Phi) is 4.03. The molecule has 0 aliphatic carbocycles. The second kappa shape index (κ2) is 4.20. The van der Waals surface area contributed by atoms with Crippen LogP contribution in [0.3, 0.4) is 0 Å². The Hall–Kier alpha value is -0.700. The van der Waals surface area contributed by atoms with Gasteiger partial charge >= 0.3 is 24.2 Å². The molecular formula is C7H6F10. The molecule has 104 valence electrons. The van der Waals surface area contributed by atoms with Gasteiger partial charge in [-0.3, -0.25) is 0 Å². The highest BCUT2D eigenvalue weighted by atomic mass is 19.4. The zero-order valence-electron chi connectivity index (χ0n) is 8.06. The molecule has 0 heterocycles. The molecule has 0 aliphatic heterocycles. The van der Waals surface area contributed by atoms with Gasteiger partial charge in [-0.05, 0) is 6.42 Å². The smallest absolute Gasteiger partial charge is 0.199 e. The molecule has 10 heteroatoms. The molecule has 0 rings (SSSR count). The van der Waals surface area contributed by atoms with Gasteiger partial charge in [-0.15, -0.1) is 0 Å². The fourth-order valence-electron chi connectivity index (χ4n) is 1.10. The normalized spacial score (nSPS) is 17.1. The molecule has 0 aliphatic rings. The molecule has 0 amide bonds. The highest BCUT2D eigenvalue weighted by molar-refractivity contribution is 4.97. The van der Waals surface area contributed by atoms with Crippen molar-refractivity contribution < 1.29 is 43.9 Å². The summed E-state index contributed by atoms with van der Waals surface area (Å²) in [6.45, 7) is 0.443. The van der Waals surface area contributed by atoms with Crippen LogP contribution in [0, 0.1) is 5.92 Å². The zero-order chi connectivity index (χ0) is 14.3. The topological polar surface area (TPSA) is 0 Å². The third-order valence-electron chi connectivity index (χ3n) is 2.02. The Bertz CT molecular complexity index is 259. The zero-order valence-corrected chi connectivity index (χ0v) is 8.06. The van der Waals surface area contributed by atoms with Crippen molar-refractivity contribution in [2.24, 2.45) is 5.92 Å². The monoisotopic (exact) mass is 280 g/mol. The van der Waals surface area contributed by atoms with Gasteiger partial charge < -0.3 is 0 Å². The number of halogens is 10. The maximum absolute atomic E-state index is 12.7. The van der Waals surface area contributed by atoms with E-state index >= 15 is 0 Å². The van der Waals surface area contributed by atoms with Gasteiger partial charge in [0.05, 0.1) is 0 Å². The average molecular weight is 280 g/mol. The lowest BCUT2D eigenvalue weighted by Gasteiger charge is -2.34. The van der Waals surface area contributed by atoms with Crippen LogP contribution in [-0.4, -0.2) is 24.2 Å². The molecule has 0 nitrogen and oxygen atoms in total. The summed E-state index contributed by atoms with van der Waals surface area (Å²) in [7, 11) is 0. The van der Waals surface area contributed by atoms with Crippen LogP contribution in [0.1, 0.15) is 13.3 Å². The van der Waals surface area contributed by atoms with Crippen molar-refractivity contribution in [1.29, 1.82) is 0 Å². The van der Waals surface area contributed by atoms with E-state index in [9.17, 15) is 43.9 Å². The fraction of sp³-hybridized carbons (Fsp3) is 1.00. The predicted octanol–water partition coefficient (Wildman–Crippen LogP) is 4.41. The summed E-state index contributed by atoms with van der Waals surface area (Å²) in [6.07, 6.45) is -14.2. The minimum Gasteiger partial charge on any atom is -0.199 e. The molecule has 1 atom stereocenters. The minimum atomic E-state index is -6.75. The maximum atomic E-state index is 12.7. The van der Waals surface area contributed by atoms with Gasteiger partial charge in [-0.1, -0.05) is 6.92 Å². The molecule has 0 N–H and O–H groups in total. The summed E-state index contributed by atoms with van der Waals surface area (Å²) in [4.78, 5) is 0. The molecule has 1 unspecified atom stereocenters. The van der Waals surface area contributed by atoms with Crippen LogP contribution in [0.2, 0.25) is 0 Å². The van der Waals surface area contributed by atoms with Gasteiger partial charge in [0.25, 0.3) is 0 Å². The van der Waals surface area contributed by atoms with Gasteiger partial charge in [-0.2, -0.15) is 43.9 Å². The number of hydrogen-bond donors (Lipinski definition) is 0. The molecule has 0 aromatic carbocycles. The Balaban J connectivity index is 5.53. The first-order valence-corrected chi connectivity index (χ1v) is 4.08. The van der Waals surface area contributed by atoms with Crippen LogP contribution >= 0.6 is 0 Å². The van der Waals surface area contributed by atoms with Crippen LogP contribution in [-0.2, 0) is 0 Å². The fourth-order valence-corrected chi connectivity index (χ4v) is 1.10. The summed E-state index contributed by atoms with van der Waals surface area (Å²) in [5, 5.41) is 0. The van der Waals surface area contributed by atoms with Crippen molar-refractivity contribution in [1.82, 2.24) is 0 Å². The molecule has 0 radical (unpaired) electrons. The Labute approximate surface area is 88.6 Å². The molecule has 0 fully saturated rings. The molecule has 17 heavy (non-hydrogen) atoms. The standard InChI is InChI=1S/C7H6F10/c1-2-3(5(10,11)12)4(8,9)6(13,14)7(15,16)17/h3H,2H2,1H3. The first-order valence-electron chi connectivity index (χ1n) is 4.08. The highest BCUT2D eigenvalue weighted by Gasteiger charge is 2.78. The van der Waals surface area contributed by atoms with E-state index in [1.807, 2.05) is 0 Å². The summed E-state index contributed by atoms with van der Waals surface area (Å²) in [6, 6.07) is 0. The number of hydrogen-bond acceptors (Lipinski definition) is 0. The van der Waals surface area contributed by atoms with Crippen molar-refractivity contribution in [3.05, 3.63) is 0 Å². The molecule has 0 aromatic heterocycles. The lowest BCUT2D eigenvalue weighted by molar-refractivity contribution is -0.386. The van der Waals surface area contributed by atoms with Gasteiger partial charge in [0.1, 0.15) is 5.92 Å². The Morgan fingerprint density at radius 1 is 0.765 bits per heavy atom. The average Bonchev–Trinajstić information content (AvgIpc) is 1.98. The number of alkyl halides is 10. The van der Waals surface area contributed by atoms with Crippen LogP contribution in [0.25, 0.3) is 0 Å². The quantitative estimate of drug-likeness (QED) is 0.672. The number of rotatable bonds is 3. The molecule has 0 saturated carbocycles. The van der Waals surface area contributed by atoms with E-state index in [-0.39, 0.29) is 0 Å². The van der Waals surface area contributed by atoms with Crippen molar-refractivity contribution >= 4 is 0 Å². The van der Waals surface area contributed by atoms with Crippen LogP contribution in [0.15, 0.2) is 0 Å². The van der Waals surface area contributed by atoms with E-state index in [2.05, 4.69) is 0 Å². The second-order valence-electron chi connectivity index (χ2n) is 3.20. The van der Waals surface area contributed by atoms with Gasteiger partial charge in [-0.25, -0.2) is 0 Å². The van der Waals surface area contributed by atoms with Gasteiger partial charge in [0, 0.05) is 0 Å². The SMILES string of the molecule is CCC(C(F)(F)F)C(F)(F)C(F)(F)C(F)(F)F. The lowest BCUT2D eigenvalue weighted by Crippen LogP contribution is -2.58. The summed E-state index contributed by atoms with van der Waals surface area (Å²) in [5.74, 6) is -17.1. The van der Waals surface area contributed by atoms with E-state index in [0.717, 1.165) is 0 Å². The second-order valence-corrected chi connectivity index (χ2v) is 3.20. The van der Waals surface area contributed by atoms with Gasteiger partial charge in [0.15, 0.2) is 0 Å². The van der Waals surface area contributed by atoms with Crippen molar-refractivity contribution in [3.8, 4) is 0 Å². The largest absolute Gasteiger partial charge is 0.459 e. The molecule has 0 aromatic rings. The third kappa shape index (κ3) is 2.76. The molecular weight excluding hydrogens is 274 g/mol. The van der Waals surface area contributed by atoms with Crippen LogP contribution in [0.5, 0.6) is 0 Å². The first-order chi connectivity index (χ1) is 7.19. The highest BCUT2D eigenvalue weighted by Crippen LogP contribution is 2.54. The minimum absolute atomic E-state index is 0.443. The van der Waals surface area contributed by atoms with E-state index in [0.29, 0.717) is 6.92 Å². The Morgan fingerprint density at radius 3 is 1.29 bits per heavy atom. The third-order valence-corrected chi connectivity index (χ3v) is 2.02. The maximum Gasteiger partial charge on any atom is 0.459 e. The summed E-state index contributed by atoms with van der Waals surface area (Å²) >= 11 is 0. The molecule has 0 spiro atoms. The van der Waals surface area contributed by atoms with E-state index in [1.54, 1.807) is 0 Å². The molecule has 0 bridgehead atoms. The van der Waals surface area contributed by atoms with Crippen LogP contribution < -0.4 is 0 Å². The predicted molar refractivity (Wildman–Crippen MR) is 35.8 cm³/mol. The first kappa shape index (κ1) is 16.3. The van der Waals surface area contributed by atoms with E-state index in [1.165, 1.54) is 0 Å². The summed E-state index contributed by atoms with van der Waals surface area (Å²) < 4.78 is 121. The van der Waals surface area contributed by atoms with E-state index in [4.69, 9.17) is 0 Å². The Morgan fingerprint density at radius 2 is 1.12 bits per heavy atom. The van der Waals surface area contributed by atoms with Crippen LogP contribution in [0.4, 0.5) is 43.9 Å². The van der Waals surface area contributed by atoms with E-state index < -0.39 is 36.5 Å². The molecule has 0 saturated heterocycles. The van der Waals surface area contributed by atoms with Gasteiger partial charge in [0.2, 0.25) is 0 Å².